The van der Waals surface area contributed by atoms with Gasteiger partial charge < -0.3 is 4.84 Å². The molecule has 0 spiro atoms. The van der Waals surface area contributed by atoms with Crippen LogP contribution in [0, 0.1) is 0 Å². The number of allylic oxidation sites excluding steroid dienone is 2. The summed E-state index contributed by atoms with van der Waals surface area (Å²) in [4.78, 5) is 3.49. The van der Waals surface area contributed by atoms with Crippen molar-refractivity contribution >= 4 is 8.41 Å². The average Bonchev–Trinajstić information content (AvgIpc) is 1.93. The fourth-order valence-corrected chi connectivity index (χ4v) is 0.362. The third-order valence-electron chi connectivity index (χ3n) is 0.788. The lowest BCUT2D eigenvalue weighted by atomic mass is 10.5. The Bertz CT molecular complexity index is 202. The molecule has 0 fully saturated rings. The van der Waals surface area contributed by atoms with Gasteiger partial charge in [0.25, 0.3) is 5.95 Å². The Kier molecular flexibility index (Phi) is 2.97. The molecule has 0 atom stereocenters. The molecule has 1 aliphatic rings. The number of hydrogen-bond donors (Lipinski definition) is 1. The maximum absolute atomic E-state index is 11.9. The van der Waals surface area contributed by atoms with Crippen molar-refractivity contribution in [3.8, 4) is 0 Å². The van der Waals surface area contributed by atoms with Crippen LogP contribution in [0.5, 0.6) is 0 Å². The summed E-state index contributed by atoms with van der Waals surface area (Å²) in [5.41, 5.74) is 1.18. The Morgan fingerprint density at radius 3 is 2.00 bits per heavy atom. The van der Waals surface area contributed by atoms with E-state index in [4.69, 9.17) is 0 Å². The van der Waals surface area contributed by atoms with Crippen molar-refractivity contribution in [2.24, 2.45) is 0 Å². The van der Waals surface area contributed by atoms with Crippen molar-refractivity contribution in [2.45, 2.75) is 0 Å². The van der Waals surface area contributed by atoms with Crippen LogP contribution in [0.1, 0.15) is 0 Å². The summed E-state index contributed by atoms with van der Waals surface area (Å²) in [6.45, 7) is 0. The summed E-state index contributed by atoms with van der Waals surface area (Å²) < 4.78 is 47.4. The largest absolute Gasteiger partial charge is 0.346 e. The van der Waals surface area contributed by atoms with Gasteiger partial charge in [-0.2, -0.15) is 23.0 Å². The molecule has 0 unspecified atom stereocenters. The number of halogens is 4. The lowest BCUT2D eigenvalue weighted by molar-refractivity contribution is 0.0411. The molecule has 1 rings (SSSR count). The molecule has 0 aromatic carbocycles. The molecule has 7 heteroatoms. The Balaban J connectivity index is 0.000001000. The lowest BCUT2D eigenvalue weighted by Crippen LogP contribution is -2.16. The first-order valence-corrected chi connectivity index (χ1v) is 2.16. The van der Waals surface area contributed by atoms with Crippen LogP contribution in [-0.2, 0) is 4.84 Å². The van der Waals surface area contributed by atoms with Gasteiger partial charge in [-0.25, -0.2) is 0 Å². The second-order valence-corrected chi connectivity index (χ2v) is 1.42. The maximum Gasteiger partial charge on any atom is 0.340 e. The highest BCUT2D eigenvalue weighted by Gasteiger charge is 2.24. The number of rotatable bonds is 0. The molecule has 0 amide bonds. The van der Waals surface area contributed by atoms with Gasteiger partial charge in [0.05, 0.1) is 8.41 Å². The van der Waals surface area contributed by atoms with Crippen molar-refractivity contribution in [1.29, 1.82) is 0 Å². The van der Waals surface area contributed by atoms with Gasteiger partial charge in [-0.1, -0.05) is 0 Å². The molecule has 1 heterocycles. The second-order valence-electron chi connectivity index (χ2n) is 1.42. The van der Waals surface area contributed by atoms with Crippen LogP contribution < -0.4 is 5.48 Å². The molecule has 2 nitrogen and oxygen atoms in total. The predicted octanol–water partition coefficient (Wildman–Crippen LogP) is 0.553. The zero-order chi connectivity index (χ0) is 7.72. The SMILES string of the molecule is B.FC1=C(F)C(F)=C(F)ON1. The summed E-state index contributed by atoms with van der Waals surface area (Å²) in [6.07, 6.45) is 0. The highest BCUT2D eigenvalue weighted by molar-refractivity contribution is 5.75. The van der Waals surface area contributed by atoms with Crippen molar-refractivity contribution in [3.05, 3.63) is 23.6 Å². The molecule has 0 bridgehead atoms. The van der Waals surface area contributed by atoms with Crippen LogP contribution in [0.4, 0.5) is 17.6 Å². The van der Waals surface area contributed by atoms with E-state index in [0.717, 1.165) is 0 Å². The second kappa shape index (κ2) is 3.31. The fraction of sp³-hybridized carbons (Fsp3) is 0. The zero-order valence-electron chi connectivity index (χ0n) is 4.42. The van der Waals surface area contributed by atoms with E-state index in [1.54, 1.807) is 0 Å². The molecule has 11 heavy (non-hydrogen) atoms. The van der Waals surface area contributed by atoms with Crippen molar-refractivity contribution in [2.75, 3.05) is 0 Å². The molecule has 0 aromatic heterocycles. The van der Waals surface area contributed by atoms with Gasteiger partial charge in [-0.3, -0.25) is 0 Å². The van der Waals surface area contributed by atoms with E-state index in [1.165, 1.54) is 5.48 Å². The smallest absolute Gasteiger partial charge is 0.340 e. The Labute approximate surface area is 61.1 Å². The van der Waals surface area contributed by atoms with Crippen molar-refractivity contribution in [1.82, 2.24) is 5.48 Å². The zero-order valence-corrected chi connectivity index (χ0v) is 4.42. The lowest BCUT2D eigenvalue weighted by Gasteiger charge is -2.08. The normalized spacial score (nSPS) is 17.1. The van der Waals surface area contributed by atoms with Gasteiger partial charge in [-0.05, 0) is 0 Å². The van der Waals surface area contributed by atoms with E-state index in [-0.39, 0.29) is 8.41 Å². The Morgan fingerprint density at radius 1 is 1.00 bits per heavy atom. The standard InChI is InChI=1S/C4HF4NO.BH3/c5-1-2(6)4(8)10-9-3(1)7;/h9H;1H3. The van der Waals surface area contributed by atoms with Gasteiger partial charge in [0.2, 0.25) is 11.7 Å². The summed E-state index contributed by atoms with van der Waals surface area (Å²) in [5, 5.41) is 0. The van der Waals surface area contributed by atoms with Gasteiger partial charge >= 0.3 is 6.01 Å². The van der Waals surface area contributed by atoms with Crippen LogP contribution in [-0.4, -0.2) is 8.41 Å². The molecular weight excluding hydrogens is 165 g/mol. The number of nitrogens with one attached hydrogen (secondary N) is 1. The molecule has 1 aliphatic heterocycles. The van der Waals surface area contributed by atoms with Gasteiger partial charge in [0, 0.05) is 0 Å². The van der Waals surface area contributed by atoms with Crippen LogP contribution in [0.3, 0.4) is 0 Å². The third kappa shape index (κ3) is 1.66. The first-order chi connectivity index (χ1) is 4.63. The van der Waals surface area contributed by atoms with Crippen LogP contribution in [0.25, 0.3) is 0 Å². The molecule has 0 saturated carbocycles. The van der Waals surface area contributed by atoms with Gasteiger partial charge in [-0.15, -0.1) is 0 Å². The number of hydrogen-bond acceptors (Lipinski definition) is 2. The molecule has 1 N–H and O–H groups in total. The monoisotopic (exact) mass is 169 g/mol. The first-order valence-electron chi connectivity index (χ1n) is 2.16. The summed E-state index contributed by atoms with van der Waals surface area (Å²) in [6, 6.07) is -1.82. The van der Waals surface area contributed by atoms with Crippen LogP contribution in [0.2, 0.25) is 0 Å². The van der Waals surface area contributed by atoms with Crippen molar-refractivity contribution in [3.63, 3.8) is 0 Å². The molecular formula is C4H4BF4NO. The minimum absolute atomic E-state index is 0. The van der Waals surface area contributed by atoms with Crippen molar-refractivity contribution < 1.29 is 22.4 Å². The van der Waals surface area contributed by atoms with Gasteiger partial charge in [0.1, 0.15) is 0 Å². The van der Waals surface area contributed by atoms with E-state index >= 15 is 0 Å². The highest BCUT2D eigenvalue weighted by atomic mass is 19.2. The van der Waals surface area contributed by atoms with E-state index < -0.39 is 23.6 Å². The minimum atomic E-state index is -1.98. The highest BCUT2D eigenvalue weighted by Crippen LogP contribution is 2.25. The topological polar surface area (TPSA) is 21.3 Å². The van der Waals surface area contributed by atoms with E-state index in [9.17, 15) is 17.6 Å². The summed E-state index contributed by atoms with van der Waals surface area (Å²) in [5.74, 6) is -5.58. The van der Waals surface area contributed by atoms with E-state index in [2.05, 4.69) is 4.84 Å². The van der Waals surface area contributed by atoms with E-state index in [1.807, 2.05) is 0 Å². The number of hydroxylamine groups is 1. The summed E-state index contributed by atoms with van der Waals surface area (Å²) in [7, 11) is 0. The summed E-state index contributed by atoms with van der Waals surface area (Å²) >= 11 is 0. The first kappa shape index (κ1) is 9.86. The van der Waals surface area contributed by atoms with E-state index in [0.29, 0.717) is 0 Å². The molecule has 0 saturated heterocycles. The molecule has 62 valence electrons. The average molecular weight is 169 g/mol. The Morgan fingerprint density at radius 2 is 1.55 bits per heavy atom. The Hall–Kier alpha value is -1.14. The van der Waals surface area contributed by atoms with Gasteiger partial charge in [0.15, 0.2) is 0 Å². The third-order valence-corrected chi connectivity index (χ3v) is 0.788. The maximum atomic E-state index is 11.9. The molecule has 0 aromatic rings. The quantitative estimate of drug-likeness (QED) is 0.324. The van der Waals surface area contributed by atoms with Crippen LogP contribution >= 0.6 is 0 Å². The minimum Gasteiger partial charge on any atom is -0.346 e. The fourth-order valence-electron chi connectivity index (χ4n) is 0.362. The molecule has 0 radical (unpaired) electrons. The molecule has 0 aliphatic carbocycles. The predicted molar refractivity (Wildman–Crippen MR) is 32.6 cm³/mol. The van der Waals surface area contributed by atoms with Crippen LogP contribution in [0.15, 0.2) is 23.6 Å².